The molecule has 4 aromatic rings. The molecule has 6 rings (SSSR count). The molecule has 2 heterocycles. The number of hydrogen-bond donors (Lipinski definition) is 1. The Morgan fingerprint density at radius 1 is 0.780 bits per heavy atom. The zero-order chi connectivity index (χ0) is 28.4. The van der Waals surface area contributed by atoms with E-state index in [1.54, 1.807) is 19.1 Å². The number of methoxy groups -OCH3 is 2. The van der Waals surface area contributed by atoms with Crippen LogP contribution in [0.1, 0.15) is 29.5 Å². The Morgan fingerprint density at radius 2 is 1.39 bits per heavy atom. The fourth-order valence-corrected chi connectivity index (χ4v) is 6.48. The first-order valence-corrected chi connectivity index (χ1v) is 14.2. The highest BCUT2D eigenvalue weighted by molar-refractivity contribution is 5.85. The summed E-state index contributed by atoms with van der Waals surface area (Å²) in [5.74, 6) is 1.48. The SMILES string of the molecule is COc1cccc(CN2C(=O)N(Cc3cccc(OC)c3)C3(CCN(Cc4cccc5ccccc45)CC3)C2O)c1. The number of ether oxygens (including phenoxy) is 2. The van der Waals surface area contributed by atoms with Crippen LogP contribution in [0.25, 0.3) is 10.8 Å². The van der Waals surface area contributed by atoms with Gasteiger partial charge in [-0.1, -0.05) is 66.7 Å². The van der Waals surface area contributed by atoms with Gasteiger partial charge in [-0.25, -0.2) is 4.79 Å². The summed E-state index contributed by atoms with van der Waals surface area (Å²) in [4.78, 5) is 20.0. The number of aliphatic hydroxyl groups excluding tert-OH is 1. The van der Waals surface area contributed by atoms with Crippen molar-refractivity contribution in [1.29, 1.82) is 0 Å². The number of piperidine rings is 1. The Morgan fingerprint density at radius 3 is 2.07 bits per heavy atom. The highest BCUT2D eigenvalue weighted by Crippen LogP contribution is 2.42. The third kappa shape index (κ3) is 5.23. The molecule has 212 valence electrons. The summed E-state index contributed by atoms with van der Waals surface area (Å²) in [7, 11) is 3.28. The lowest BCUT2D eigenvalue weighted by Gasteiger charge is -2.45. The molecule has 2 fully saturated rings. The lowest BCUT2D eigenvalue weighted by molar-refractivity contribution is -0.0590. The molecule has 1 spiro atoms. The number of benzene rings is 4. The highest BCUT2D eigenvalue weighted by Gasteiger charge is 2.57. The van der Waals surface area contributed by atoms with Crippen molar-refractivity contribution in [2.45, 2.75) is 44.2 Å². The molecule has 0 aromatic heterocycles. The molecule has 4 aromatic carbocycles. The minimum Gasteiger partial charge on any atom is -0.497 e. The van der Waals surface area contributed by atoms with Gasteiger partial charge in [0.05, 0.1) is 26.3 Å². The van der Waals surface area contributed by atoms with Crippen molar-refractivity contribution in [2.24, 2.45) is 0 Å². The van der Waals surface area contributed by atoms with Gasteiger partial charge in [-0.15, -0.1) is 0 Å². The van der Waals surface area contributed by atoms with Gasteiger partial charge >= 0.3 is 6.03 Å². The van der Waals surface area contributed by atoms with E-state index in [1.807, 2.05) is 53.4 Å². The molecule has 7 heteroatoms. The number of urea groups is 1. The van der Waals surface area contributed by atoms with Crippen LogP contribution in [0.15, 0.2) is 91.0 Å². The maximum Gasteiger partial charge on any atom is 0.323 e. The predicted molar refractivity (Wildman–Crippen MR) is 160 cm³/mol. The van der Waals surface area contributed by atoms with Gasteiger partial charge in [0.15, 0.2) is 6.23 Å². The van der Waals surface area contributed by atoms with Gasteiger partial charge in [0.25, 0.3) is 0 Å². The smallest absolute Gasteiger partial charge is 0.323 e. The van der Waals surface area contributed by atoms with Crippen molar-refractivity contribution < 1.29 is 19.4 Å². The molecular weight excluding hydrogens is 514 g/mol. The van der Waals surface area contributed by atoms with Gasteiger partial charge in [0.2, 0.25) is 0 Å². The van der Waals surface area contributed by atoms with Crippen LogP contribution in [0.2, 0.25) is 0 Å². The molecule has 0 bridgehead atoms. The normalized spacial score (nSPS) is 18.8. The van der Waals surface area contributed by atoms with Gasteiger partial charge in [-0.3, -0.25) is 9.80 Å². The molecule has 0 radical (unpaired) electrons. The van der Waals surface area contributed by atoms with Crippen LogP contribution in [-0.4, -0.2) is 64.9 Å². The van der Waals surface area contributed by atoms with Crippen LogP contribution in [0.3, 0.4) is 0 Å². The number of fused-ring (bicyclic) bond motifs is 1. The van der Waals surface area contributed by atoms with Gasteiger partial charge in [-0.2, -0.15) is 0 Å². The zero-order valence-corrected chi connectivity index (χ0v) is 23.7. The third-order valence-corrected chi connectivity index (χ3v) is 8.75. The maximum absolute atomic E-state index is 14.0. The van der Waals surface area contributed by atoms with Crippen LogP contribution in [0, 0.1) is 0 Å². The first-order valence-electron chi connectivity index (χ1n) is 14.2. The van der Waals surface area contributed by atoms with E-state index in [-0.39, 0.29) is 6.03 Å². The van der Waals surface area contributed by atoms with Crippen LogP contribution in [-0.2, 0) is 19.6 Å². The Bertz CT molecular complexity index is 1530. The lowest BCUT2D eigenvalue weighted by atomic mass is 9.84. The van der Waals surface area contributed by atoms with E-state index in [2.05, 4.69) is 47.4 Å². The van der Waals surface area contributed by atoms with Gasteiger partial charge in [0.1, 0.15) is 11.5 Å². The number of hydrogen-bond acceptors (Lipinski definition) is 5. The third-order valence-electron chi connectivity index (χ3n) is 8.75. The van der Waals surface area contributed by atoms with E-state index >= 15 is 0 Å². The van der Waals surface area contributed by atoms with E-state index < -0.39 is 11.8 Å². The van der Waals surface area contributed by atoms with Gasteiger partial charge in [-0.05, 0) is 64.6 Å². The average molecular weight is 552 g/mol. The fraction of sp³-hybridized carbons (Fsp3) is 0.324. The van der Waals surface area contributed by atoms with Crippen molar-refractivity contribution in [3.63, 3.8) is 0 Å². The summed E-state index contributed by atoms with van der Waals surface area (Å²) in [5.41, 5.74) is 2.51. The molecule has 1 unspecified atom stereocenters. The highest BCUT2D eigenvalue weighted by atomic mass is 16.5. The van der Waals surface area contributed by atoms with Gasteiger partial charge in [0, 0.05) is 26.2 Å². The minimum absolute atomic E-state index is 0.148. The topological polar surface area (TPSA) is 65.5 Å². The second-order valence-corrected chi connectivity index (χ2v) is 11.1. The van der Waals surface area contributed by atoms with Crippen LogP contribution < -0.4 is 9.47 Å². The summed E-state index contributed by atoms with van der Waals surface area (Å²) in [6.07, 6.45) is 0.443. The Balaban J connectivity index is 1.26. The molecule has 0 saturated carbocycles. The molecule has 41 heavy (non-hydrogen) atoms. The predicted octanol–water partition coefficient (Wildman–Crippen LogP) is 5.65. The summed E-state index contributed by atoms with van der Waals surface area (Å²) < 4.78 is 10.8. The lowest BCUT2D eigenvalue weighted by Crippen LogP contribution is -2.57. The van der Waals surface area contributed by atoms with Gasteiger partial charge < -0.3 is 19.5 Å². The number of nitrogens with zero attached hydrogens (tertiary/aromatic N) is 3. The van der Waals surface area contributed by atoms with E-state index in [9.17, 15) is 9.90 Å². The average Bonchev–Trinajstić information content (AvgIpc) is 3.19. The summed E-state index contributed by atoms with van der Waals surface area (Å²) in [6, 6.07) is 30.3. The number of aliphatic hydroxyl groups is 1. The van der Waals surface area contributed by atoms with Crippen molar-refractivity contribution in [1.82, 2.24) is 14.7 Å². The Labute approximate surface area is 241 Å². The summed E-state index contributed by atoms with van der Waals surface area (Å²) >= 11 is 0. The van der Waals surface area contributed by atoms with Crippen molar-refractivity contribution in [2.75, 3.05) is 27.3 Å². The Hall–Kier alpha value is -4.07. The van der Waals surface area contributed by atoms with Crippen LogP contribution in [0.5, 0.6) is 11.5 Å². The van der Waals surface area contributed by atoms with E-state index in [0.717, 1.165) is 42.3 Å². The molecule has 7 nitrogen and oxygen atoms in total. The quantitative estimate of drug-likeness (QED) is 0.307. The fourth-order valence-electron chi connectivity index (χ4n) is 6.48. The number of likely N-dealkylation sites (tertiary alicyclic amines) is 1. The van der Waals surface area contributed by atoms with Crippen LogP contribution in [0.4, 0.5) is 4.79 Å². The standard InChI is InChI=1S/C34H37N3O4/c1-40-29-13-5-8-25(20-29)22-36-32(38)34(37(33(36)39)23-26-9-6-14-30(21-26)41-2)16-18-35(19-17-34)24-28-12-7-11-27-10-3-4-15-31(27)28/h3-15,20-21,32,38H,16-19,22-24H2,1-2H3. The zero-order valence-electron chi connectivity index (χ0n) is 23.7. The molecule has 2 aliphatic rings. The van der Waals surface area contributed by atoms with Crippen molar-refractivity contribution in [3.05, 3.63) is 108 Å². The molecule has 0 aliphatic carbocycles. The number of carbonyl (C=O) groups excluding carboxylic acids is 1. The molecule has 2 amide bonds. The van der Waals surface area contributed by atoms with Crippen molar-refractivity contribution >= 4 is 16.8 Å². The molecule has 2 aliphatic heterocycles. The van der Waals surface area contributed by atoms with Crippen molar-refractivity contribution in [3.8, 4) is 11.5 Å². The first kappa shape index (κ1) is 27.1. The number of amides is 2. The maximum atomic E-state index is 14.0. The van der Waals surface area contributed by atoms with E-state index in [1.165, 1.54) is 16.3 Å². The largest absolute Gasteiger partial charge is 0.497 e. The second-order valence-electron chi connectivity index (χ2n) is 11.1. The van der Waals surface area contributed by atoms with E-state index in [0.29, 0.717) is 25.9 Å². The molecule has 2 saturated heterocycles. The summed E-state index contributed by atoms with van der Waals surface area (Å²) in [6.45, 7) is 3.13. The molecule has 1 N–H and O–H groups in total. The summed E-state index contributed by atoms with van der Waals surface area (Å²) in [5, 5.41) is 14.4. The molecular formula is C34H37N3O4. The second kappa shape index (κ2) is 11.4. The van der Waals surface area contributed by atoms with E-state index in [4.69, 9.17) is 9.47 Å². The monoisotopic (exact) mass is 551 g/mol. The molecule has 1 atom stereocenters. The first-order chi connectivity index (χ1) is 20.0. The minimum atomic E-state index is -0.925. The van der Waals surface area contributed by atoms with Crippen LogP contribution >= 0.6 is 0 Å². The number of carbonyl (C=O) groups is 1. The number of rotatable bonds is 8. The Kier molecular flexibility index (Phi) is 7.56.